The zero-order valence-electron chi connectivity index (χ0n) is 19.6. The minimum Gasteiger partial charge on any atom is -0.394 e. The third kappa shape index (κ3) is 52.5. The molecule has 0 aliphatic rings. The third-order valence-corrected chi connectivity index (χ3v) is 3.62. The second-order valence-electron chi connectivity index (χ2n) is 6.57. The predicted octanol–water partition coefficient (Wildman–Crippen LogP) is -2.88. The Kier molecular flexibility index (Phi) is 45.1. The van der Waals surface area contributed by atoms with E-state index < -0.39 is 41.9 Å². The fourth-order valence-corrected chi connectivity index (χ4v) is 1.96. The Bertz CT molecular complexity index is 384. The molecule has 2 unspecified atom stereocenters. The summed E-state index contributed by atoms with van der Waals surface area (Å²) in [5.41, 5.74) is 0. The van der Waals surface area contributed by atoms with E-state index in [4.69, 9.17) is 53.3 Å². The monoisotopic (exact) mass is 504 g/mol. The summed E-state index contributed by atoms with van der Waals surface area (Å²) in [7, 11) is -4.67. The molecule has 0 rings (SSSR count). The molecule has 0 aliphatic carbocycles. The van der Waals surface area contributed by atoms with E-state index in [1.54, 1.807) is 0 Å². The van der Waals surface area contributed by atoms with Gasteiger partial charge in [-0.15, -0.1) is 0 Å². The minimum atomic E-state index is -4.67. The van der Waals surface area contributed by atoms with Crippen molar-refractivity contribution in [2.24, 2.45) is 0 Å². The molecule has 0 fully saturated rings. The molecule has 11 nitrogen and oxygen atoms in total. The summed E-state index contributed by atoms with van der Waals surface area (Å²) in [6, 6.07) is 0. The van der Waals surface area contributed by atoms with Crippen LogP contribution in [0.2, 0.25) is 0 Å². The van der Waals surface area contributed by atoms with Crippen molar-refractivity contribution in [3.63, 3.8) is 0 Å². The van der Waals surface area contributed by atoms with Gasteiger partial charge in [0.25, 0.3) is 0 Å². The Morgan fingerprint density at radius 1 is 0.688 bits per heavy atom. The zero-order valence-corrected chi connectivity index (χ0v) is 22.4. The molecule has 0 heterocycles. The van der Waals surface area contributed by atoms with Crippen molar-refractivity contribution in [1.29, 1.82) is 0 Å². The summed E-state index contributed by atoms with van der Waals surface area (Å²) in [5.74, 6) is 0. The molecule has 194 valence electrons. The van der Waals surface area contributed by atoms with Gasteiger partial charge < -0.3 is 42.7 Å². The molecular weight excluding hydrogens is 459 g/mol. The standard InChI is InChI=1S/C12H25.C5H12O5.C2H6O2.Na.H2O4S/c1-3-5-7-9-11-12-10-8-6-4-2;6-1-3(8)5(10)4(9)2-7;3-1-2-4;;1-5(2,3)4/h1,3-12H2,2H3;3-10H,1-2H2;3-4H,1-2H2;;(H2,1,2,3,4)/q-1;;;+1;. The largest absolute Gasteiger partial charge is 1.00 e. The average molecular weight is 505 g/mol. The summed E-state index contributed by atoms with van der Waals surface area (Å²) < 4.78 is 31.6. The molecule has 9 N–H and O–H groups in total. The van der Waals surface area contributed by atoms with Crippen LogP contribution in [0.1, 0.15) is 71.1 Å². The van der Waals surface area contributed by atoms with E-state index in [1.165, 1.54) is 57.8 Å². The van der Waals surface area contributed by atoms with Crippen LogP contribution in [0.25, 0.3) is 0 Å². The van der Waals surface area contributed by atoms with Crippen molar-refractivity contribution in [3.8, 4) is 0 Å². The first-order chi connectivity index (χ1) is 14.5. The first kappa shape index (κ1) is 42.7. The molecule has 13 heteroatoms. The normalized spacial score (nSPS) is 13.0. The quantitative estimate of drug-likeness (QED) is 0.0506. The van der Waals surface area contributed by atoms with Gasteiger partial charge in [0.15, 0.2) is 0 Å². The molecule has 0 aliphatic heterocycles. The molecule has 0 aromatic carbocycles. The number of hydrogen-bond donors (Lipinski definition) is 9. The second-order valence-corrected chi connectivity index (χ2v) is 7.46. The van der Waals surface area contributed by atoms with Gasteiger partial charge >= 0.3 is 40.0 Å². The van der Waals surface area contributed by atoms with E-state index >= 15 is 0 Å². The summed E-state index contributed by atoms with van der Waals surface area (Å²) in [5, 5.41) is 57.8. The Morgan fingerprint density at radius 2 is 0.969 bits per heavy atom. The molecule has 0 aromatic heterocycles. The van der Waals surface area contributed by atoms with Gasteiger partial charge in [-0.25, -0.2) is 0 Å². The van der Waals surface area contributed by atoms with Crippen LogP contribution in [0.15, 0.2) is 0 Å². The van der Waals surface area contributed by atoms with Gasteiger partial charge in [-0.1, -0.05) is 64.7 Å². The number of aliphatic hydroxyl groups excluding tert-OH is 7. The molecule has 0 aromatic rings. The van der Waals surface area contributed by atoms with E-state index in [2.05, 4.69) is 13.8 Å². The Morgan fingerprint density at radius 3 is 1.19 bits per heavy atom. The second kappa shape index (κ2) is 33.8. The van der Waals surface area contributed by atoms with Crippen molar-refractivity contribution in [2.45, 2.75) is 89.4 Å². The number of hydrogen-bond acceptors (Lipinski definition) is 9. The van der Waals surface area contributed by atoms with E-state index in [0.29, 0.717) is 0 Å². The topological polar surface area (TPSA) is 216 Å². The smallest absolute Gasteiger partial charge is 0.394 e. The van der Waals surface area contributed by atoms with Crippen LogP contribution in [0.5, 0.6) is 0 Å². The Balaban J connectivity index is -0.000000109. The number of aliphatic hydroxyl groups is 7. The van der Waals surface area contributed by atoms with E-state index in [1.807, 2.05) is 0 Å². The molecule has 0 saturated heterocycles. The van der Waals surface area contributed by atoms with Gasteiger partial charge in [-0.2, -0.15) is 14.8 Å². The summed E-state index contributed by atoms with van der Waals surface area (Å²) in [6.45, 7) is 4.58. The molecule has 0 amide bonds. The number of unbranched alkanes of at least 4 members (excludes halogenated alkanes) is 9. The van der Waals surface area contributed by atoms with Crippen LogP contribution >= 0.6 is 0 Å². The van der Waals surface area contributed by atoms with Crippen LogP contribution in [0.4, 0.5) is 0 Å². The van der Waals surface area contributed by atoms with E-state index in [-0.39, 0.29) is 42.8 Å². The summed E-state index contributed by atoms with van der Waals surface area (Å²) >= 11 is 0. The molecule has 0 radical (unpaired) electrons. The van der Waals surface area contributed by atoms with Crippen LogP contribution in [-0.4, -0.2) is 98.0 Å². The maximum Gasteiger partial charge on any atom is 1.00 e. The maximum absolute atomic E-state index is 8.77. The van der Waals surface area contributed by atoms with Crippen LogP contribution in [-0.2, 0) is 10.4 Å². The Hall–Kier alpha value is 0.590. The third-order valence-electron chi connectivity index (χ3n) is 3.62. The minimum absolute atomic E-state index is 0. The summed E-state index contributed by atoms with van der Waals surface area (Å²) in [6.07, 6.45) is 9.59. The van der Waals surface area contributed by atoms with E-state index in [9.17, 15) is 0 Å². The fraction of sp³-hybridized carbons (Fsp3) is 0.947. The van der Waals surface area contributed by atoms with Crippen molar-refractivity contribution < 1.29 is 82.8 Å². The Labute approximate surface area is 215 Å². The molecule has 2 atom stereocenters. The van der Waals surface area contributed by atoms with Crippen molar-refractivity contribution >= 4 is 10.4 Å². The first-order valence-corrected chi connectivity index (χ1v) is 11.8. The first-order valence-electron chi connectivity index (χ1n) is 10.4. The van der Waals surface area contributed by atoms with E-state index in [0.717, 1.165) is 6.42 Å². The molecule has 0 saturated carbocycles. The molecule has 32 heavy (non-hydrogen) atoms. The van der Waals surface area contributed by atoms with Crippen molar-refractivity contribution in [1.82, 2.24) is 0 Å². The summed E-state index contributed by atoms with van der Waals surface area (Å²) in [4.78, 5) is 0. The molecule has 0 bridgehead atoms. The van der Waals surface area contributed by atoms with Gasteiger partial charge in [0.1, 0.15) is 18.3 Å². The van der Waals surface area contributed by atoms with Gasteiger partial charge in [0.05, 0.1) is 26.4 Å². The van der Waals surface area contributed by atoms with Crippen LogP contribution in [0, 0.1) is 6.92 Å². The van der Waals surface area contributed by atoms with Crippen molar-refractivity contribution in [2.75, 3.05) is 26.4 Å². The van der Waals surface area contributed by atoms with Gasteiger partial charge in [0.2, 0.25) is 0 Å². The van der Waals surface area contributed by atoms with Gasteiger partial charge in [-0.3, -0.25) is 9.11 Å². The SMILES string of the molecule is O=S(=O)(O)O.OCC(O)C(O)C(O)CO.OCCO.[CH2-]CCCCCCCCCCC.[Na+]. The van der Waals surface area contributed by atoms with Crippen LogP contribution < -0.4 is 29.6 Å². The van der Waals surface area contributed by atoms with Crippen LogP contribution in [0.3, 0.4) is 0 Å². The van der Waals surface area contributed by atoms with Gasteiger partial charge in [0, 0.05) is 0 Å². The number of rotatable bonds is 14. The fourth-order valence-electron chi connectivity index (χ4n) is 1.96. The average Bonchev–Trinajstić information content (AvgIpc) is 2.73. The predicted molar refractivity (Wildman–Crippen MR) is 118 cm³/mol. The zero-order chi connectivity index (χ0) is 25.1. The molecular formula is C19H45NaO11S. The maximum atomic E-state index is 8.77. The van der Waals surface area contributed by atoms with Gasteiger partial charge in [-0.05, 0) is 0 Å². The van der Waals surface area contributed by atoms with Crippen molar-refractivity contribution in [3.05, 3.63) is 6.92 Å². The molecule has 0 spiro atoms.